The number of hydrogen-bond acceptors (Lipinski definition) is 1. The molecule has 0 bridgehead atoms. The topological polar surface area (TPSA) is 0 Å². The van der Waals surface area contributed by atoms with Crippen molar-refractivity contribution in [1.29, 1.82) is 0 Å². The van der Waals surface area contributed by atoms with Crippen molar-refractivity contribution in [2.75, 3.05) is 0 Å². The highest BCUT2D eigenvalue weighted by Crippen LogP contribution is 2.55. The number of unbranched alkanes of at least 4 members (excludes halogenated alkanes) is 8. The van der Waals surface area contributed by atoms with E-state index in [0.717, 1.165) is 38.5 Å². The van der Waals surface area contributed by atoms with Crippen LogP contribution in [0.15, 0.2) is 0 Å². The average molecular weight is 420 g/mol. The van der Waals surface area contributed by atoms with E-state index >= 15 is 0 Å². The molecule has 1 atom stereocenters. The van der Waals surface area contributed by atoms with Crippen LogP contribution in [0.25, 0.3) is 0 Å². The fraction of sp³-hybridized carbons (Fsp3) is 1.00. The lowest BCUT2D eigenvalue weighted by atomic mass is 9.96. The lowest BCUT2D eigenvalue weighted by Gasteiger charge is -2.36. The van der Waals surface area contributed by atoms with E-state index in [-0.39, 0.29) is 12.8 Å². The molecule has 0 N–H and O–H groups in total. The van der Waals surface area contributed by atoms with E-state index in [9.17, 15) is 39.5 Å². The first-order chi connectivity index (χ1) is 11.7. The van der Waals surface area contributed by atoms with Gasteiger partial charge in [0.25, 0.3) is 0 Å². The van der Waals surface area contributed by atoms with Crippen LogP contribution in [0.4, 0.5) is 39.5 Å². The highest BCUT2D eigenvalue weighted by molar-refractivity contribution is 7.81. The minimum atomic E-state index is -6.58. The van der Waals surface area contributed by atoms with Crippen LogP contribution in [0.2, 0.25) is 0 Å². The zero-order valence-corrected chi connectivity index (χ0v) is 15.4. The molecule has 0 fully saturated rings. The van der Waals surface area contributed by atoms with Crippen LogP contribution in [-0.4, -0.2) is 29.2 Å². The summed E-state index contributed by atoms with van der Waals surface area (Å²) in [5.74, 6) is -19.0. The van der Waals surface area contributed by atoms with Gasteiger partial charge in [-0.25, -0.2) is 4.39 Å². The first kappa shape index (κ1) is 25.7. The molecule has 0 heterocycles. The van der Waals surface area contributed by atoms with E-state index in [1.54, 1.807) is 0 Å². The third kappa shape index (κ3) is 6.41. The molecule has 0 aliphatic carbocycles. The molecule has 0 aromatic carbocycles. The number of hydrogen-bond donors (Lipinski definition) is 1. The Morgan fingerprint density at radius 1 is 0.654 bits per heavy atom. The van der Waals surface area contributed by atoms with Crippen molar-refractivity contribution in [3.05, 3.63) is 0 Å². The minimum absolute atomic E-state index is 0.232. The second-order valence-electron chi connectivity index (χ2n) is 6.40. The molecule has 0 nitrogen and oxygen atoms in total. The van der Waals surface area contributed by atoms with Gasteiger partial charge in [-0.3, -0.25) is 0 Å². The van der Waals surface area contributed by atoms with Gasteiger partial charge in [0, 0.05) is 0 Å². The molecule has 0 rings (SSSR count). The molecule has 0 radical (unpaired) electrons. The Morgan fingerprint density at radius 3 is 1.42 bits per heavy atom. The molecule has 0 aliphatic rings. The third-order valence-electron chi connectivity index (χ3n) is 4.15. The van der Waals surface area contributed by atoms with Crippen LogP contribution in [-0.2, 0) is 0 Å². The fourth-order valence-electron chi connectivity index (χ4n) is 2.41. The van der Waals surface area contributed by atoms with Gasteiger partial charge in [-0.05, 0) is 6.42 Å². The van der Waals surface area contributed by atoms with Crippen molar-refractivity contribution in [3.63, 3.8) is 0 Å². The molecule has 26 heavy (non-hydrogen) atoms. The maximum Gasteiger partial charge on any atom is 0.387 e. The van der Waals surface area contributed by atoms with Gasteiger partial charge in [0.15, 0.2) is 6.17 Å². The summed E-state index contributed by atoms with van der Waals surface area (Å²) in [4.78, 5) is 0. The summed E-state index contributed by atoms with van der Waals surface area (Å²) < 4.78 is 118. The van der Waals surface area contributed by atoms with Crippen molar-refractivity contribution < 1.29 is 39.5 Å². The summed E-state index contributed by atoms with van der Waals surface area (Å²) in [6, 6.07) is 0. The normalized spacial score (nSPS) is 15.3. The Balaban J connectivity index is 4.45. The molecule has 0 spiro atoms. The highest BCUT2D eigenvalue weighted by Gasteiger charge is 2.81. The summed E-state index contributed by atoms with van der Waals surface area (Å²) in [5.41, 5.74) is 0. The molecule has 0 saturated heterocycles. The van der Waals surface area contributed by atoms with Crippen LogP contribution in [0, 0.1) is 0 Å². The first-order valence-electron chi connectivity index (χ1n) is 8.61. The maximum atomic E-state index is 13.5. The second kappa shape index (κ2) is 10.3. The van der Waals surface area contributed by atoms with Gasteiger partial charge < -0.3 is 0 Å². The largest absolute Gasteiger partial charge is 0.387 e. The van der Waals surface area contributed by atoms with E-state index in [2.05, 4.69) is 6.92 Å². The Hall–Kier alpha value is -0.280. The molecule has 0 aromatic rings. The van der Waals surface area contributed by atoms with Crippen molar-refractivity contribution in [3.8, 4) is 0 Å². The fourth-order valence-corrected chi connectivity index (χ4v) is 2.55. The summed E-state index contributed by atoms with van der Waals surface area (Å²) in [6.07, 6.45) is 1.71. The third-order valence-corrected chi connectivity index (χ3v) is 4.43. The predicted octanol–water partition coefficient (Wildman–Crippen LogP) is 7.67. The van der Waals surface area contributed by atoms with Gasteiger partial charge in [0.05, 0.1) is 0 Å². The lowest BCUT2D eigenvalue weighted by Crippen LogP contribution is -2.63. The lowest BCUT2D eigenvalue weighted by molar-refractivity contribution is -0.357. The summed E-state index contributed by atoms with van der Waals surface area (Å²) >= 11 is 1.95. The Bertz CT molecular complexity index is 394. The van der Waals surface area contributed by atoms with Crippen LogP contribution >= 0.6 is 12.6 Å². The molecule has 0 aromatic heterocycles. The molecule has 158 valence electrons. The Kier molecular flexibility index (Phi) is 10.2. The summed E-state index contributed by atoms with van der Waals surface area (Å²) in [6.45, 7) is 2.06. The Labute approximate surface area is 153 Å². The van der Waals surface area contributed by atoms with E-state index in [0.29, 0.717) is 6.42 Å². The molecular weight excluding hydrogens is 395 g/mol. The van der Waals surface area contributed by atoms with Crippen LogP contribution < -0.4 is 0 Å². The SMILES string of the molecule is CCCCCCCCCCCC(F)C(F)(F)C(F)(F)C(F)(F)C(F)(F)S. The summed E-state index contributed by atoms with van der Waals surface area (Å²) in [7, 11) is 0. The second-order valence-corrected chi connectivity index (χ2v) is 6.96. The number of halogens is 9. The zero-order valence-electron chi connectivity index (χ0n) is 14.5. The number of thiol groups is 1. The Morgan fingerprint density at radius 2 is 1.04 bits per heavy atom. The molecule has 0 amide bonds. The number of rotatable bonds is 14. The van der Waals surface area contributed by atoms with E-state index < -0.39 is 35.6 Å². The molecule has 0 aliphatic heterocycles. The van der Waals surface area contributed by atoms with Crippen LogP contribution in [0.5, 0.6) is 0 Å². The van der Waals surface area contributed by atoms with Crippen molar-refractivity contribution in [1.82, 2.24) is 0 Å². The molecule has 0 saturated carbocycles. The van der Waals surface area contributed by atoms with E-state index in [1.165, 1.54) is 0 Å². The van der Waals surface area contributed by atoms with Gasteiger partial charge in [-0.15, -0.1) is 0 Å². The smallest absolute Gasteiger partial charge is 0.241 e. The van der Waals surface area contributed by atoms with Crippen LogP contribution in [0.1, 0.15) is 71.1 Å². The average Bonchev–Trinajstić information content (AvgIpc) is 2.51. The predicted molar refractivity (Wildman–Crippen MR) is 85.5 cm³/mol. The van der Waals surface area contributed by atoms with Gasteiger partial charge in [0.2, 0.25) is 0 Å². The van der Waals surface area contributed by atoms with Crippen molar-refractivity contribution in [2.45, 2.75) is 100 Å². The zero-order chi connectivity index (χ0) is 20.6. The van der Waals surface area contributed by atoms with Gasteiger partial charge in [-0.2, -0.15) is 35.1 Å². The van der Waals surface area contributed by atoms with Crippen molar-refractivity contribution in [2.24, 2.45) is 0 Å². The standard InChI is InChI=1S/C16H25F9S/c1-2-3-4-5-6-7-8-9-10-11-12(17)13(18,19)14(20,21)15(22,23)16(24,25)26/h12,26H,2-11H2,1H3. The van der Waals surface area contributed by atoms with E-state index in [1.807, 2.05) is 12.6 Å². The van der Waals surface area contributed by atoms with Gasteiger partial charge in [-0.1, -0.05) is 77.3 Å². The monoisotopic (exact) mass is 420 g/mol. The maximum absolute atomic E-state index is 13.5. The molecule has 1 unspecified atom stereocenters. The molecule has 10 heteroatoms. The van der Waals surface area contributed by atoms with Gasteiger partial charge in [0.1, 0.15) is 0 Å². The highest BCUT2D eigenvalue weighted by atomic mass is 32.1. The summed E-state index contributed by atoms with van der Waals surface area (Å²) in [5, 5.41) is -5.72. The number of alkyl halides is 9. The van der Waals surface area contributed by atoms with E-state index in [4.69, 9.17) is 0 Å². The molecular formula is C16H25F9S. The van der Waals surface area contributed by atoms with Crippen molar-refractivity contribution >= 4 is 12.6 Å². The minimum Gasteiger partial charge on any atom is -0.241 e. The van der Waals surface area contributed by atoms with Gasteiger partial charge >= 0.3 is 23.0 Å². The van der Waals surface area contributed by atoms with Crippen LogP contribution in [0.3, 0.4) is 0 Å². The first-order valence-corrected chi connectivity index (χ1v) is 9.05. The quantitative estimate of drug-likeness (QED) is 0.166.